The summed E-state index contributed by atoms with van der Waals surface area (Å²) in [5.41, 5.74) is 3.04. The highest BCUT2D eigenvalue weighted by Crippen LogP contribution is 2.24. The Morgan fingerprint density at radius 2 is 0.969 bits per heavy atom. The molecule has 4 aromatic carbocycles. The minimum atomic E-state index is -0.495. The lowest BCUT2D eigenvalue weighted by atomic mass is 10.1. The van der Waals surface area contributed by atoms with E-state index in [1.165, 1.54) is 0 Å². The Kier molecular flexibility index (Phi) is 29.3. The molecule has 4 aromatic rings. The minimum Gasteiger partial charge on any atom is -0.508 e. The fourth-order valence-corrected chi connectivity index (χ4v) is 4.75. The molecule has 0 saturated heterocycles. The van der Waals surface area contributed by atoms with Crippen LogP contribution in [0.4, 0.5) is 9.59 Å². The number of carbonyl (C=O) groups excluding carboxylic acids is 2. The van der Waals surface area contributed by atoms with Crippen LogP contribution in [0.3, 0.4) is 0 Å². The molecule has 354 valence electrons. The van der Waals surface area contributed by atoms with Crippen molar-refractivity contribution >= 4 is 43.0 Å². The summed E-state index contributed by atoms with van der Waals surface area (Å²) in [7, 11) is 6.10. The third kappa shape index (κ3) is 34.0. The number of phenolic OH excluding ortho intramolecular Hbond substituents is 3. The predicted octanol–water partition coefficient (Wildman–Crippen LogP) is 10.9. The molecule has 64 heavy (non-hydrogen) atoms. The lowest BCUT2D eigenvalue weighted by molar-refractivity contribution is 0.0517. The number of phenols is 3. The van der Waals surface area contributed by atoms with E-state index in [9.17, 15) is 14.7 Å². The van der Waals surface area contributed by atoms with Gasteiger partial charge in [-0.3, -0.25) is 4.78 Å². The number of aromatic hydroxyl groups is 3. The molecule has 2 unspecified atom stereocenters. The first-order valence-electron chi connectivity index (χ1n) is 21.1. The lowest BCUT2D eigenvalue weighted by Gasteiger charge is -2.19. The number of nitrogens with zero attached hydrogens (tertiary/aromatic N) is 4. The van der Waals surface area contributed by atoms with Crippen LogP contribution in [0.5, 0.6) is 23.0 Å². The molecule has 0 bridgehead atoms. The highest BCUT2D eigenvalue weighted by Gasteiger charge is 2.16. The number of hydrogen-bond acceptors (Lipinski definition) is 12. The molecular formula is C48H74N6O8P2. The van der Waals surface area contributed by atoms with Gasteiger partial charge in [0.1, 0.15) is 34.2 Å². The van der Waals surface area contributed by atoms with Crippen LogP contribution in [0.1, 0.15) is 98.4 Å². The Hall–Kier alpha value is -5.58. The maximum atomic E-state index is 11.6. The van der Waals surface area contributed by atoms with E-state index in [4.69, 9.17) is 24.2 Å². The van der Waals surface area contributed by atoms with Crippen molar-refractivity contribution in [1.29, 1.82) is 0 Å². The number of hydrogen-bond donors (Lipinski definition) is 5. The van der Waals surface area contributed by atoms with Gasteiger partial charge < -0.3 is 40.0 Å². The van der Waals surface area contributed by atoms with Gasteiger partial charge >= 0.3 is 12.2 Å². The first kappa shape index (κ1) is 58.4. The molecule has 0 aliphatic heterocycles. The van der Waals surface area contributed by atoms with E-state index in [-0.39, 0.29) is 26.2 Å². The van der Waals surface area contributed by atoms with Gasteiger partial charge in [0.2, 0.25) is 0 Å². The number of benzene rings is 4. The molecule has 0 aliphatic carbocycles. The second-order valence-electron chi connectivity index (χ2n) is 16.4. The van der Waals surface area contributed by atoms with E-state index in [1.54, 1.807) is 82.7 Å². The Morgan fingerprint density at radius 1 is 0.641 bits per heavy atom. The third-order valence-corrected chi connectivity index (χ3v) is 7.71. The van der Waals surface area contributed by atoms with Crippen LogP contribution in [0.15, 0.2) is 107 Å². The Balaban J connectivity index is 0.000000955. The number of ether oxygens (including phenoxy) is 2. The van der Waals surface area contributed by atoms with Crippen molar-refractivity contribution in [2.75, 3.05) is 27.2 Å². The zero-order valence-corrected chi connectivity index (χ0v) is 42.2. The fraction of sp³-hybridized carbons (Fsp3) is 0.417. The van der Waals surface area contributed by atoms with Crippen molar-refractivity contribution in [2.24, 2.45) is 16.1 Å². The average Bonchev–Trinajstić information content (AvgIpc) is 3.20. The van der Waals surface area contributed by atoms with Crippen molar-refractivity contribution in [2.45, 2.75) is 100 Å². The zero-order chi connectivity index (χ0) is 48.7. The monoisotopic (exact) mass is 925 g/mol. The zero-order valence-electron chi connectivity index (χ0n) is 40.0. The van der Waals surface area contributed by atoms with E-state index in [0.717, 1.165) is 33.9 Å². The van der Waals surface area contributed by atoms with Gasteiger partial charge in [-0.2, -0.15) is 10.2 Å². The van der Waals surface area contributed by atoms with Gasteiger partial charge in [0.05, 0.1) is 12.4 Å². The van der Waals surface area contributed by atoms with Crippen LogP contribution in [0.2, 0.25) is 0 Å². The van der Waals surface area contributed by atoms with Crippen LogP contribution in [-0.4, -0.2) is 87.9 Å². The quantitative estimate of drug-likeness (QED) is 0.0492. The molecule has 0 aromatic heterocycles. The van der Waals surface area contributed by atoms with Gasteiger partial charge in [-0.15, -0.1) is 0 Å². The molecule has 2 atom stereocenters. The average molecular weight is 925 g/mol. The largest absolute Gasteiger partial charge is 0.508 e. The van der Waals surface area contributed by atoms with Crippen LogP contribution in [0, 0.1) is 5.92 Å². The van der Waals surface area contributed by atoms with Gasteiger partial charge in [-0.05, 0) is 165 Å². The lowest BCUT2D eigenvalue weighted by Crippen LogP contribution is -2.33. The second kappa shape index (κ2) is 32.1. The van der Waals surface area contributed by atoms with Gasteiger partial charge in [-0.25, -0.2) is 14.4 Å². The summed E-state index contributed by atoms with van der Waals surface area (Å²) in [5, 5.41) is 41.1. The van der Waals surface area contributed by atoms with E-state index in [2.05, 4.69) is 51.0 Å². The van der Waals surface area contributed by atoms with E-state index >= 15 is 0 Å². The summed E-state index contributed by atoms with van der Waals surface area (Å²) in [4.78, 5) is 23.0. The van der Waals surface area contributed by atoms with Crippen molar-refractivity contribution in [3.05, 3.63) is 119 Å². The summed E-state index contributed by atoms with van der Waals surface area (Å²) in [5.74, 6) is 2.32. The molecular weight excluding hydrogens is 851 g/mol. The van der Waals surface area contributed by atoms with Gasteiger partial charge in [0.15, 0.2) is 8.96 Å². The van der Waals surface area contributed by atoms with E-state index < -0.39 is 23.4 Å². The highest BCUT2D eigenvalue weighted by molar-refractivity contribution is 7.29. The summed E-state index contributed by atoms with van der Waals surface area (Å²) in [6, 6.07) is 28.3. The predicted molar refractivity (Wildman–Crippen MR) is 268 cm³/mol. The summed E-state index contributed by atoms with van der Waals surface area (Å²) in [6.45, 7) is 22.5. The molecule has 0 aliphatic rings. The summed E-state index contributed by atoms with van der Waals surface area (Å²) >= 11 is 0. The maximum Gasteiger partial charge on any atom is 0.407 e. The first-order valence-corrected chi connectivity index (χ1v) is 22.5. The Labute approximate surface area is 386 Å². The Bertz CT molecular complexity index is 1900. The van der Waals surface area contributed by atoms with Gasteiger partial charge in [0, 0.05) is 27.2 Å². The third-order valence-electron chi connectivity index (χ3n) is 6.87. The topological polar surface area (TPSA) is 178 Å². The number of nitrogens with one attached hydrogen (secondary N) is 2. The maximum absolute atomic E-state index is 11.6. The standard InChI is InChI=1S/C21H28N3O4P.C13H19NO3.C8H11N2OP.C4H10.C2H6/c1-21(2,3)27-20(26)22-14-13-16-7-11-19(12-8-16)28-29-24(4)23-15-17-5-9-18(25)10-6-17;1-13(2,3)17-12(16)14-9-8-10-4-6-11(15)7-5-10;1-10(12)9-6-7-2-4-8(11)5-3-7;1-4(2)3;1-2/h5-12,15,25,29H,13-14H2,1-4H3,(H,22,26);4-7,15H,8-9H2,1-3H3,(H,14,16);2-6,11H,12H2,1H3;4H,1-3H3;1-2H3/b23-15+;;9-6+;;. The van der Waals surface area contributed by atoms with Crippen LogP contribution < -0.4 is 15.2 Å². The molecule has 0 spiro atoms. The fourth-order valence-electron chi connectivity index (χ4n) is 4.21. The number of carbonyl (C=O) groups is 2. The van der Waals surface area contributed by atoms with Crippen molar-refractivity contribution in [1.82, 2.24) is 20.2 Å². The highest BCUT2D eigenvalue weighted by atomic mass is 31.1. The molecule has 0 heterocycles. The van der Waals surface area contributed by atoms with E-state index in [1.807, 2.05) is 106 Å². The smallest absolute Gasteiger partial charge is 0.407 e. The minimum absolute atomic E-state index is 0.0339. The van der Waals surface area contributed by atoms with Crippen molar-refractivity contribution in [3.8, 4) is 23.0 Å². The molecule has 4 rings (SSSR count). The molecule has 2 amide bonds. The number of hydrazone groups is 2. The normalized spacial score (nSPS) is 10.9. The molecule has 0 radical (unpaired) electrons. The molecule has 5 N–H and O–H groups in total. The first-order chi connectivity index (χ1) is 30.0. The summed E-state index contributed by atoms with van der Waals surface area (Å²) in [6.07, 6.45) is 4.02. The van der Waals surface area contributed by atoms with Crippen LogP contribution in [0.25, 0.3) is 0 Å². The molecule has 16 heteroatoms. The number of rotatable bonds is 13. The van der Waals surface area contributed by atoms with Crippen molar-refractivity contribution < 1.29 is 38.9 Å². The van der Waals surface area contributed by atoms with E-state index in [0.29, 0.717) is 25.9 Å². The number of amides is 2. The number of alkyl carbamates (subject to hydrolysis) is 2. The van der Waals surface area contributed by atoms with Gasteiger partial charge in [-0.1, -0.05) is 58.9 Å². The van der Waals surface area contributed by atoms with Gasteiger partial charge in [0.25, 0.3) is 0 Å². The van der Waals surface area contributed by atoms with Crippen LogP contribution in [-0.2, 0) is 22.3 Å². The van der Waals surface area contributed by atoms with Crippen LogP contribution >= 0.6 is 18.3 Å². The Morgan fingerprint density at radius 3 is 1.31 bits per heavy atom. The SMILES string of the molecule is CC.CC(C)(C)OC(=O)NCCc1ccc(O)cc1.CC(C)C.CN(/N=C/c1ccc(O)cc1)POc1ccc(CCNC(=O)OC(C)(C)C)cc1.CN(P)/N=C/c1ccc(O)cc1. The molecule has 0 saturated carbocycles. The summed E-state index contributed by atoms with van der Waals surface area (Å²) < 4.78 is 19.4. The van der Waals surface area contributed by atoms with Crippen molar-refractivity contribution in [3.63, 3.8) is 0 Å². The molecule has 14 nitrogen and oxygen atoms in total. The molecule has 0 fully saturated rings. The second-order valence-corrected chi connectivity index (χ2v) is 18.1.